The van der Waals surface area contributed by atoms with Gasteiger partial charge in [0.1, 0.15) is 0 Å². The lowest BCUT2D eigenvalue weighted by Gasteiger charge is -2.08. The summed E-state index contributed by atoms with van der Waals surface area (Å²) in [6.07, 6.45) is 1.56. The van der Waals surface area contributed by atoms with Crippen LogP contribution >= 0.6 is 11.6 Å². The normalized spacial score (nSPS) is 10.1. The Bertz CT molecular complexity index is 634. The number of anilines is 2. The highest BCUT2D eigenvalue weighted by molar-refractivity contribution is 6.33. The van der Waals surface area contributed by atoms with Crippen molar-refractivity contribution in [2.45, 2.75) is 6.92 Å². The molecule has 2 rings (SSSR count). The number of carbonyl (C=O) groups is 1. The standard InChI is InChI=1S/C13H12ClN3O3/c1-2-20-11-5-6-15-13(17-11)16-10-4-3-8(12(18)19)7-9(10)14/h3-7H,2H2,1H3,(H,18,19)(H,15,16,17). The summed E-state index contributed by atoms with van der Waals surface area (Å²) in [7, 11) is 0. The molecular formula is C13H12ClN3O3. The highest BCUT2D eigenvalue weighted by Crippen LogP contribution is 2.25. The molecule has 0 fully saturated rings. The van der Waals surface area contributed by atoms with Gasteiger partial charge < -0.3 is 15.2 Å². The largest absolute Gasteiger partial charge is 0.478 e. The second-order valence-corrected chi connectivity index (χ2v) is 4.18. The van der Waals surface area contributed by atoms with Crippen LogP contribution < -0.4 is 10.1 Å². The summed E-state index contributed by atoms with van der Waals surface area (Å²) in [5.74, 6) is -0.266. The molecule has 2 aromatic rings. The van der Waals surface area contributed by atoms with Crippen LogP contribution in [0.5, 0.6) is 5.88 Å². The van der Waals surface area contributed by atoms with Gasteiger partial charge in [0, 0.05) is 12.3 Å². The van der Waals surface area contributed by atoms with E-state index in [1.807, 2.05) is 6.92 Å². The molecule has 0 amide bonds. The van der Waals surface area contributed by atoms with Crippen molar-refractivity contribution in [2.75, 3.05) is 11.9 Å². The molecule has 1 heterocycles. The van der Waals surface area contributed by atoms with Gasteiger partial charge in [0.2, 0.25) is 11.8 Å². The summed E-state index contributed by atoms with van der Waals surface area (Å²) in [5, 5.41) is 12.0. The Hall–Kier alpha value is -2.34. The number of benzene rings is 1. The van der Waals surface area contributed by atoms with Crippen molar-refractivity contribution in [3.63, 3.8) is 0 Å². The van der Waals surface area contributed by atoms with Gasteiger partial charge in [-0.2, -0.15) is 4.98 Å². The molecule has 20 heavy (non-hydrogen) atoms. The highest BCUT2D eigenvalue weighted by Gasteiger charge is 2.08. The molecule has 0 aliphatic carbocycles. The smallest absolute Gasteiger partial charge is 0.335 e. The zero-order valence-electron chi connectivity index (χ0n) is 10.6. The van der Waals surface area contributed by atoms with Gasteiger partial charge in [0.05, 0.1) is 22.9 Å². The number of carboxylic acid groups (broad SMARTS) is 1. The number of nitrogens with zero attached hydrogens (tertiary/aromatic N) is 2. The minimum atomic E-state index is -1.03. The molecule has 104 valence electrons. The maximum absolute atomic E-state index is 10.8. The molecule has 6 nitrogen and oxygen atoms in total. The van der Waals surface area contributed by atoms with E-state index in [0.29, 0.717) is 24.1 Å². The van der Waals surface area contributed by atoms with E-state index in [1.54, 1.807) is 18.3 Å². The molecule has 0 spiro atoms. The monoisotopic (exact) mass is 293 g/mol. The number of carboxylic acids is 1. The fraction of sp³-hybridized carbons (Fsp3) is 0.154. The number of aromatic nitrogens is 2. The van der Waals surface area contributed by atoms with Gasteiger partial charge >= 0.3 is 5.97 Å². The molecule has 0 saturated heterocycles. The van der Waals surface area contributed by atoms with Crippen molar-refractivity contribution < 1.29 is 14.6 Å². The lowest BCUT2D eigenvalue weighted by molar-refractivity contribution is 0.0697. The van der Waals surface area contributed by atoms with E-state index in [2.05, 4.69) is 15.3 Å². The van der Waals surface area contributed by atoms with Crippen molar-refractivity contribution >= 4 is 29.2 Å². The molecule has 0 unspecified atom stereocenters. The van der Waals surface area contributed by atoms with Crippen molar-refractivity contribution in [1.82, 2.24) is 9.97 Å². The molecule has 2 N–H and O–H groups in total. The zero-order chi connectivity index (χ0) is 14.5. The molecule has 0 aliphatic rings. The van der Waals surface area contributed by atoms with Crippen LogP contribution in [0.25, 0.3) is 0 Å². The molecular weight excluding hydrogens is 282 g/mol. The Kier molecular flexibility index (Phi) is 4.37. The highest BCUT2D eigenvalue weighted by atomic mass is 35.5. The van der Waals surface area contributed by atoms with Gasteiger partial charge in [-0.15, -0.1) is 0 Å². The van der Waals surface area contributed by atoms with Crippen LogP contribution in [-0.4, -0.2) is 27.7 Å². The number of nitrogens with one attached hydrogen (secondary N) is 1. The van der Waals surface area contributed by atoms with Gasteiger partial charge in [-0.1, -0.05) is 11.6 Å². The third-order valence-electron chi connectivity index (χ3n) is 2.38. The predicted molar refractivity (Wildman–Crippen MR) is 74.9 cm³/mol. The Labute approximate surface area is 120 Å². The maximum atomic E-state index is 10.8. The molecule has 0 bridgehead atoms. The lowest BCUT2D eigenvalue weighted by atomic mass is 10.2. The number of hydrogen-bond donors (Lipinski definition) is 2. The third-order valence-corrected chi connectivity index (χ3v) is 2.70. The van der Waals surface area contributed by atoms with Crippen LogP contribution in [0, 0.1) is 0 Å². The SMILES string of the molecule is CCOc1ccnc(Nc2ccc(C(=O)O)cc2Cl)n1. The van der Waals surface area contributed by atoms with E-state index < -0.39 is 5.97 Å². The van der Waals surface area contributed by atoms with Crippen LogP contribution in [0.4, 0.5) is 11.6 Å². The Morgan fingerprint density at radius 2 is 2.25 bits per heavy atom. The van der Waals surface area contributed by atoms with E-state index >= 15 is 0 Å². The fourth-order valence-electron chi connectivity index (χ4n) is 1.50. The van der Waals surface area contributed by atoms with Gasteiger partial charge in [-0.05, 0) is 25.1 Å². The van der Waals surface area contributed by atoms with Crippen LogP contribution in [0.2, 0.25) is 5.02 Å². The lowest BCUT2D eigenvalue weighted by Crippen LogP contribution is -2.02. The molecule has 0 aliphatic heterocycles. The predicted octanol–water partition coefficient (Wildman–Crippen LogP) is 2.97. The third kappa shape index (κ3) is 3.36. The Morgan fingerprint density at radius 3 is 2.90 bits per heavy atom. The minimum absolute atomic E-state index is 0.115. The summed E-state index contributed by atoms with van der Waals surface area (Å²) in [4.78, 5) is 19.0. The number of aromatic carboxylic acids is 1. The zero-order valence-corrected chi connectivity index (χ0v) is 11.4. The second-order valence-electron chi connectivity index (χ2n) is 3.78. The summed E-state index contributed by atoms with van der Waals surface area (Å²) >= 11 is 6.01. The van der Waals surface area contributed by atoms with Gasteiger partial charge in [-0.25, -0.2) is 9.78 Å². The molecule has 0 radical (unpaired) electrons. The fourth-order valence-corrected chi connectivity index (χ4v) is 1.73. The number of halogens is 1. The van der Waals surface area contributed by atoms with Crippen molar-refractivity contribution in [2.24, 2.45) is 0 Å². The molecule has 0 atom stereocenters. The molecule has 1 aromatic heterocycles. The first-order valence-corrected chi connectivity index (χ1v) is 6.23. The van der Waals surface area contributed by atoms with Crippen LogP contribution in [-0.2, 0) is 0 Å². The molecule has 7 heteroatoms. The van der Waals surface area contributed by atoms with E-state index in [1.165, 1.54) is 12.1 Å². The van der Waals surface area contributed by atoms with Crippen molar-refractivity contribution in [3.05, 3.63) is 41.0 Å². The van der Waals surface area contributed by atoms with Gasteiger partial charge in [0.15, 0.2) is 0 Å². The summed E-state index contributed by atoms with van der Waals surface area (Å²) in [6.45, 7) is 2.36. The van der Waals surface area contributed by atoms with E-state index in [0.717, 1.165) is 0 Å². The average molecular weight is 294 g/mol. The van der Waals surface area contributed by atoms with Gasteiger partial charge in [-0.3, -0.25) is 0 Å². The Morgan fingerprint density at radius 1 is 1.45 bits per heavy atom. The average Bonchev–Trinajstić information content (AvgIpc) is 2.42. The first-order valence-electron chi connectivity index (χ1n) is 5.86. The van der Waals surface area contributed by atoms with E-state index in [9.17, 15) is 4.79 Å². The molecule has 0 saturated carbocycles. The van der Waals surface area contributed by atoms with Gasteiger partial charge in [0.25, 0.3) is 0 Å². The topological polar surface area (TPSA) is 84.3 Å². The van der Waals surface area contributed by atoms with Crippen molar-refractivity contribution in [3.8, 4) is 5.88 Å². The maximum Gasteiger partial charge on any atom is 0.335 e. The number of rotatable bonds is 5. The van der Waals surface area contributed by atoms with E-state index in [4.69, 9.17) is 21.4 Å². The number of ether oxygens (including phenoxy) is 1. The number of hydrogen-bond acceptors (Lipinski definition) is 5. The Balaban J connectivity index is 2.21. The quantitative estimate of drug-likeness (QED) is 0.881. The second kappa shape index (κ2) is 6.21. The van der Waals surface area contributed by atoms with Crippen LogP contribution in [0.1, 0.15) is 17.3 Å². The first-order chi connectivity index (χ1) is 9.60. The minimum Gasteiger partial charge on any atom is -0.478 e. The first kappa shape index (κ1) is 14.1. The van der Waals surface area contributed by atoms with E-state index in [-0.39, 0.29) is 10.6 Å². The molecule has 1 aromatic carbocycles. The van der Waals surface area contributed by atoms with Crippen molar-refractivity contribution in [1.29, 1.82) is 0 Å². The van der Waals surface area contributed by atoms with Crippen LogP contribution in [0.15, 0.2) is 30.5 Å². The summed E-state index contributed by atoms with van der Waals surface area (Å²) < 4.78 is 5.26. The van der Waals surface area contributed by atoms with Crippen LogP contribution in [0.3, 0.4) is 0 Å². The summed E-state index contributed by atoms with van der Waals surface area (Å²) in [5.41, 5.74) is 0.634. The summed E-state index contributed by atoms with van der Waals surface area (Å²) in [6, 6.07) is 6.01.